The lowest BCUT2D eigenvalue weighted by Gasteiger charge is -2.44. The van der Waals surface area contributed by atoms with Gasteiger partial charge in [-0.1, -0.05) is 0 Å². The molecule has 0 aromatic heterocycles. The van der Waals surface area contributed by atoms with Gasteiger partial charge >= 0.3 is 0 Å². The van der Waals surface area contributed by atoms with E-state index in [2.05, 4.69) is 25.3 Å². The lowest BCUT2D eigenvalue weighted by molar-refractivity contribution is 0.0720. The summed E-state index contributed by atoms with van der Waals surface area (Å²) < 4.78 is 6.24. The maximum atomic E-state index is 9.57. The van der Waals surface area contributed by atoms with Crippen LogP contribution in [0, 0.1) is 0 Å². The van der Waals surface area contributed by atoms with Crippen LogP contribution >= 0.6 is 0 Å². The normalized spacial score (nSPS) is 17.6. The van der Waals surface area contributed by atoms with Gasteiger partial charge in [-0.25, -0.2) is 0 Å². The van der Waals surface area contributed by atoms with Gasteiger partial charge in [-0.15, -0.1) is 0 Å². The first-order valence-electron chi connectivity index (χ1n) is 8.53. The minimum absolute atomic E-state index is 0.196. The van der Waals surface area contributed by atoms with Crippen LogP contribution in [0.15, 0.2) is 0 Å². The fourth-order valence-corrected chi connectivity index (χ4v) is 5.36. The predicted octanol–water partition coefficient (Wildman–Crippen LogP) is 1.00. The van der Waals surface area contributed by atoms with Crippen LogP contribution in [-0.4, -0.2) is 66.2 Å². The highest BCUT2D eigenvalue weighted by molar-refractivity contribution is 6.75. The largest absolute Gasteiger partial charge is 0.398 e. The van der Waals surface area contributed by atoms with E-state index in [1.54, 1.807) is 0 Å². The number of aliphatic hydroxyl groups excluding tert-OH is 2. The molecule has 6 N–H and O–H groups in total. The fraction of sp³-hybridized carbons (Fsp3) is 1.00. The number of rotatable bonds is 11. The van der Waals surface area contributed by atoms with Gasteiger partial charge in [-0.3, -0.25) is 0 Å². The summed E-state index contributed by atoms with van der Waals surface area (Å²) in [7, 11) is -2.26. The zero-order valence-electron chi connectivity index (χ0n) is 16.1. The molecule has 2 atom stereocenters. The van der Waals surface area contributed by atoms with Gasteiger partial charge in [0.15, 0.2) is 0 Å². The third-order valence-corrected chi connectivity index (χ3v) is 9.30. The van der Waals surface area contributed by atoms with E-state index >= 15 is 0 Å². The van der Waals surface area contributed by atoms with Crippen LogP contribution < -0.4 is 11.5 Å². The summed E-state index contributed by atoms with van der Waals surface area (Å²) in [6.07, 6.45) is -0.104. The molecule has 0 amide bonds. The van der Waals surface area contributed by atoms with Crippen LogP contribution in [0.2, 0.25) is 12.6 Å². The van der Waals surface area contributed by atoms with Gasteiger partial charge in [0.2, 0.25) is 8.32 Å². The topological polar surface area (TPSA) is 105 Å². The highest BCUT2D eigenvalue weighted by atomic mass is 28.4. The molecular weight excluding hydrogens is 310 g/mol. The molecule has 0 aliphatic rings. The maximum absolute atomic E-state index is 9.57. The second kappa shape index (κ2) is 8.89. The number of nitrogens with zero attached hydrogens (tertiary/aromatic N) is 1. The van der Waals surface area contributed by atoms with Crippen molar-refractivity contribution in [2.75, 3.05) is 19.7 Å². The molecular formula is C16H39N3O3Si. The molecule has 0 spiro atoms. The van der Waals surface area contributed by atoms with E-state index in [9.17, 15) is 5.11 Å². The Morgan fingerprint density at radius 3 is 2.00 bits per heavy atom. The minimum atomic E-state index is -2.26. The van der Waals surface area contributed by atoms with Crippen LogP contribution in [0.25, 0.3) is 0 Å². The maximum Gasteiger partial charge on any atom is 0.212 e. The molecule has 0 rings (SSSR count). The van der Waals surface area contributed by atoms with Gasteiger partial charge in [0.05, 0.1) is 18.4 Å². The zero-order valence-corrected chi connectivity index (χ0v) is 17.1. The second-order valence-electron chi connectivity index (χ2n) is 8.16. The average Bonchev–Trinajstić information content (AvgIpc) is 2.34. The van der Waals surface area contributed by atoms with Crippen molar-refractivity contribution in [2.24, 2.45) is 11.5 Å². The van der Waals surface area contributed by atoms with Crippen LogP contribution in [0.5, 0.6) is 0 Å². The predicted molar refractivity (Wildman–Crippen MR) is 98.5 cm³/mol. The van der Waals surface area contributed by atoms with Crippen molar-refractivity contribution in [3.63, 3.8) is 0 Å². The molecule has 2 unspecified atom stereocenters. The summed E-state index contributed by atoms with van der Waals surface area (Å²) in [5.74, 6) is 0. The third-order valence-electron chi connectivity index (χ3n) is 4.42. The van der Waals surface area contributed by atoms with E-state index in [-0.39, 0.29) is 6.61 Å². The molecule has 0 fully saturated rings. The number of nitrogens with two attached hydrogens (primary N) is 2. The van der Waals surface area contributed by atoms with Gasteiger partial charge in [0.25, 0.3) is 0 Å². The molecule has 0 aromatic carbocycles. The third kappa shape index (κ3) is 8.58. The monoisotopic (exact) mass is 349 g/mol. The first-order valence-corrected chi connectivity index (χ1v) is 11.1. The van der Waals surface area contributed by atoms with E-state index in [0.717, 1.165) is 19.1 Å². The van der Waals surface area contributed by atoms with Crippen LogP contribution in [0.1, 0.15) is 48.0 Å². The highest BCUT2D eigenvalue weighted by Crippen LogP contribution is 2.27. The summed E-state index contributed by atoms with van der Waals surface area (Å²) in [5.41, 5.74) is 11.8. The summed E-state index contributed by atoms with van der Waals surface area (Å²) in [6.45, 7) is 15.5. The molecule has 0 aliphatic carbocycles. The van der Waals surface area contributed by atoms with Crippen molar-refractivity contribution in [3.05, 3.63) is 0 Å². The van der Waals surface area contributed by atoms with Gasteiger partial charge < -0.3 is 31.0 Å². The van der Waals surface area contributed by atoms with Gasteiger partial charge in [0, 0.05) is 17.7 Å². The SMILES string of the molecule is CC(C)N(CCC(O)CO)CC[Si](C)(OC(C)(C)N)C(C)(C)N. The number of aliphatic hydroxyl groups is 2. The van der Waals surface area contributed by atoms with E-state index in [0.29, 0.717) is 12.5 Å². The van der Waals surface area contributed by atoms with Crippen molar-refractivity contribution >= 4 is 8.32 Å². The standard InChI is InChI=1S/C16H39N3O3Si/c1-13(2)19(9-8-14(21)12-20)10-11-23(7,16(5,6)18)22-15(3,4)17/h13-14,20-21H,8-12,17-18H2,1-7H3. The lowest BCUT2D eigenvalue weighted by atomic mass is 10.2. The average molecular weight is 350 g/mol. The van der Waals surface area contributed by atoms with Gasteiger partial charge in [0.1, 0.15) is 0 Å². The van der Waals surface area contributed by atoms with Crippen LogP contribution in [0.3, 0.4) is 0 Å². The molecule has 7 heteroatoms. The number of hydrogen-bond donors (Lipinski definition) is 4. The first-order chi connectivity index (χ1) is 10.2. The zero-order chi connectivity index (χ0) is 18.5. The molecule has 0 aromatic rings. The van der Waals surface area contributed by atoms with E-state index in [1.807, 2.05) is 27.7 Å². The summed E-state index contributed by atoms with van der Waals surface area (Å²) >= 11 is 0. The Kier molecular flexibility index (Phi) is 8.88. The first kappa shape index (κ1) is 23.0. The summed E-state index contributed by atoms with van der Waals surface area (Å²) in [4.78, 5) is 2.29. The molecule has 140 valence electrons. The molecule has 6 nitrogen and oxygen atoms in total. The van der Waals surface area contributed by atoms with Crippen molar-refractivity contribution in [3.8, 4) is 0 Å². The van der Waals surface area contributed by atoms with Crippen LogP contribution in [-0.2, 0) is 4.43 Å². The Hall–Kier alpha value is -0.0231. The smallest absolute Gasteiger partial charge is 0.212 e. The number of hydrogen-bond acceptors (Lipinski definition) is 6. The van der Waals surface area contributed by atoms with Crippen molar-refractivity contribution in [1.82, 2.24) is 4.90 Å². The molecule has 0 aliphatic heterocycles. The fourth-order valence-electron chi connectivity index (χ4n) is 2.48. The van der Waals surface area contributed by atoms with E-state index in [4.69, 9.17) is 21.0 Å². The van der Waals surface area contributed by atoms with Gasteiger partial charge in [-0.05, 0) is 67.1 Å². The molecule has 0 saturated carbocycles. The Labute approximate surface area is 143 Å². The summed E-state index contributed by atoms with van der Waals surface area (Å²) in [6, 6.07) is 1.22. The molecule has 0 heterocycles. The Morgan fingerprint density at radius 1 is 1.13 bits per heavy atom. The Bertz CT molecular complexity index is 342. The molecule has 23 heavy (non-hydrogen) atoms. The molecule has 0 saturated heterocycles. The van der Waals surface area contributed by atoms with Crippen LogP contribution in [0.4, 0.5) is 0 Å². The molecule has 0 radical (unpaired) electrons. The van der Waals surface area contributed by atoms with E-state index < -0.39 is 25.3 Å². The van der Waals surface area contributed by atoms with Crippen molar-refractivity contribution < 1.29 is 14.6 Å². The lowest BCUT2D eigenvalue weighted by Crippen LogP contribution is -2.65. The second-order valence-corrected chi connectivity index (χ2v) is 12.6. The Balaban J connectivity index is 4.92. The summed E-state index contributed by atoms with van der Waals surface area (Å²) in [5, 5.41) is 18.1. The van der Waals surface area contributed by atoms with Crippen molar-refractivity contribution in [1.29, 1.82) is 0 Å². The Morgan fingerprint density at radius 2 is 1.65 bits per heavy atom. The molecule has 0 bridgehead atoms. The highest BCUT2D eigenvalue weighted by Gasteiger charge is 2.45. The van der Waals surface area contributed by atoms with Crippen molar-refractivity contribution in [2.45, 2.75) is 83.6 Å². The quantitative estimate of drug-likeness (QED) is 0.328. The van der Waals surface area contributed by atoms with Gasteiger partial charge in [-0.2, -0.15) is 0 Å². The minimum Gasteiger partial charge on any atom is -0.398 e. The van der Waals surface area contributed by atoms with E-state index in [1.165, 1.54) is 0 Å².